The Labute approximate surface area is 96.3 Å². The van der Waals surface area contributed by atoms with E-state index < -0.39 is 0 Å². The van der Waals surface area contributed by atoms with Crippen LogP contribution >= 0.6 is 22.9 Å². The van der Waals surface area contributed by atoms with Crippen molar-refractivity contribution in [2.45, 2.75) is 6.04 Å². The maximum atomic E-state index is 13.1. The lowest BCUT2D eigenvalue weighted by atomic mass is 10.1. The molecular formula is C11H9ClFNS. The Morgan fingerprint density at radius 2 is 2.13 bits per heavy atom. The second kappa shape index (κ2) is 4.31. The maximum absolute atomic E-state index is 13.1. The van der Waals surface area contributed by atoms with Crippen molar-refractivity contribution in [1.29, 1.82) is 0 Å². The third-order valence-corrected chi connectivity index (χ3v) is 3.27. The zero-order valence-electron chi connectivity index (χ0n) is 7.78. The highest BCUT2D eigenvalue weighted by molar-refractivity contribution is 7.10. The molecule has 1 aromatic carbocycles. The predicted octanol–water partition coefficient (Wildman–Crippen LogP) is 3.59. The Morgan fingerprint density at radius 1 is 1.33 bits per heavy atom. The van der Waals surface area contributed by atoms with E-state index in [2.05, 4.69) is 0 Å². The lowest BCUT2D eigenvalue weighted by Gasteiger charge is -2.10. The molecule has 1 atom stereocenters. The molecule has 0 spiro atoms. The van der Waals surface area contributed by atoms with Crippen molar-refractivity contribution in [2.75, 3.05) is 0 Å². The second-order valence-electron chi connectivity index (χ2n) is 3.20. The summed E-state index contributed by atoms with van der Waals surface area (Å²) in [6.07, 6.45) is 0. The summed E-state index contributed by atoms with van der Waals surface area (Å²) in [4.78, 5) is 0.997. The van der Waals surface area contributed by atoms with Gasteiger partial charge < -0.3 is 5.73 Å². The van der Waals surface area contributed by atoms with E-state index in [1.807, 2.05) is 17.5 Å². The molecular weight excluding hydrogens is 233 g/mol. The summed E-state index contributed by atoms with van der Waals surface area (Å²) in [5.41, 5.74) is 6.68. The molecule has 0 bridgehead atoms. The third-order valence-electron chi connectivity index (χ3n) is 2.09. The molecule has 1 aromatic heterocycles. The van der Waals surface area contributed by atoms with Gasteiger partial charge in [-0.2, -0.15) is 0 Å². The average molecular weight is 242 g/mol. The summed E-state index contributed by atoms with van der Waals surface area (Å²) in [7, 11) is 0. The second-order valence-corrected chi connectivity index (χ2v) is 4.61. The number of rotatable bonds is 2. The Balaban J connectivity index is 2.37. The van der Waals surface area contributed by atoms with E-state index in [4.69, 9.17) is 17.3 Å². The summed E-state index contributed by atoms with van der Waals surface area (Å²) in [5, 5.41) is 2.31. The molecule has 15 heavy (non-hydrogen) atoms. The van der Waals surface area contributed by atoms with Gasteiger partial charge in [-0.25, -0.2) is 4.39 Å². The van der Waals surface area contributed by atoms with Crippen LogP contribution in [-0.2, 0) is 0 Å². The fourth-order valence-corrected chi connectivity index (χ4v) is 2.37. The van der Waals surface area contributed by atoms with E-state index in [1.165, 1.54) is 12.1 Å². The van der Waals surface area contributed by atoms with Gasteiger partial charge in [0.2, 0.25) is 0 Å². The summed E-state index contributed by atoms with van der Waals surface area (Å²) < 4.78 is 13.1. The van der Waals surface area contributed by atoms with Crippen LogP contribution in [0.4, 0.5) is 4.39 Å². The van der Waals surface area contributed by atoms with Crippen molar-refractivity contribution in [3.8, 4) is 0 Å². The standard InChI is InChI=1S/C11H9ClFNS/c12-8-4-7(5-9(13)6-8)11(14)10-2-1-3-15-10/h1-6,11H,14H2/t11-/m0/s1. The fourth-order valence-electron chi connectivity index (χ4n) is 1.39. The predicted molar refractivity (Wildman–Crippen MR) is 61.8 cm³/mol. The van der Waals surface area contributed by atoms with Crippen LogP contribution in [0, 0.1) is 5.82 Å². The first-order chi connectivity index (χ1) is 7.16. The minimum absolute atomic E-state index is 0.307. The van der Waals surface area contributed by atoms with Gasteiger partial charge in [-0.05, 0) is 35.2 Å². The van der Waals surface area contributed by atoms with Crippen molar-refractivity contribution >= 4 is 22.9 Å². The molecule has 2 N–H and O–H groups in total. The number of hydrogen-bond donors (Lipinski definition) is 1. The van der Waals surface area contributed by atoms with Crippen molar-refractivity contribution < 1.29 is 4.39 Å². The van der Waals surface area contributed by atoms with Gasteiger partial charge in [0.1, 0.15) is 5.82 Å². The number of hydrogen-bond acceptors (Lipinski definition) is 2. The molecule has 0 unspecified atom stereocenters. The SMILES string of the molecule is N[C@@H](c1cc(F)cc(Cl)c1)c1cccs1. The first-order valence-electron chi connectivity index (χ1n) is 4.42. The van der Waals surface area contributed by atoms with Crippen LogP contribution in [-0.4, -0.2) is 0 Å². The number of halogens is 2. The van der Waals surface area contributed by atoms with Crippen LogP contribution in [0.1, 0.15) is 16.5 Å². The third kappa shape index (κ3) is 2.37. The summed E-state index contributed by atoms with van der Waals surface area (Å²) in [5.74, 6) is -0.357. The van der Waals surface area contributed by atoms with Crippen molar-refractivity contribution in [3.63, 3.8) is 0 Å². The summed E-state index contributed by atoms with van der Waals surface area (Å²) in [6.45, 7) is 0. The normalized spacial score (nSPS) is 12.7. The molecule has 2 aromatic rings. The largest absolute Gasteiger partial charge is 0.320 e. The van der Waals surface area contributed by atoms with E-state index in [0.29, 0.717) is 10.6 Å². The number of nitrogens with two attached hydrogens (primary N) is 1. The highest BCUT2D eigenvalue weighted by Crippen LogP contribution is 2.26. The van der Waals surface area contributed by atoms with Crippen molar-refractivity contribution in [1.82, 2.24) is 0 Å². The zero-order chi connectivity index (χ0) is 10.8. The molecule has 2 rings (SSSR count). The molecule has 1 nitrogen and oxygen atoms in total. The van der Waals surface area contributed by atoms with Crippen LogP contribution < -0.4 is 5.73 Å². The monoisotopic (exact) mass is 241 g/mol. The molecule has 0 saturated heterocycles. The van der Waals surface area contributed by atoms with E-state index in [0.717, 1.165) is 4.88 Å². The minimum Gasteiger partial charge on any atom is -0.320 e. The van der Waals surface area contributed by atoms with Crippen LogP contribution in [0.2, 0.25) is 5.02 Å². The fraction of sp³-hybridized carbons (Fsp3) is 0.0909. The van der Waals surface area contributed by atoms with Crippen LogP contribution in [0.15, 0.2) is 35.7 Å². The maximum Gasteiger partial charge on any atom is 0.125 e. The quantitative estimate of drug-likeness (QED) is 0.855. The van der Waals surface area contributed by atoms with Gasteiger partial charge in [0.25, 0.3) is 0 Å². The summed E-state index contributed by atoms with van der Waals surface area (Å²) >= 11 is 7.31. The lowest BCUT2D eigenvalue weighted by molar-refractivity contribution is 0.624. The Hall–Kier alpha value is -0.900. The molecule has 0 amide bonds. The Bertz CT molecular complexity index is 435. The first kappa shape index (κ1) is 10.6. The Morgan fingerprint density at radius 3 is 2.73 bits per heavy atom. The molecule has 0 fully saturated rings. The highest BCUT2D eigenvalue weighted by atomic mass is 35.5. The molecule has 4 heteroatoms. The van der Waals surface area contributed by atoms with E-state index in [1.54, 1.807) is 17.4 Å². The number of benzene rings is 1. The molecule has 1 heterocycles. The highest BCUT2D eigenvalue weighted by Gasteiger charge is 2.11. The van der Waals surface area contributed by atoms with Gasteiger partial charge >= 0.3 is 0 Å². The average Bonchev–Trinajstić information content (AvgIpc) is 2.67. The van der Waals surface area contributed by atoms with Crippen LogP contribution in [0.25, 0.3) is 0 Å². The topological polar surface area (TPSA) is 26.0 Å². The summed E-state index contributed by atoms with van der Waals surface area (Å²) in [6, 6.07) is 7.91. The zero-order valence-corrected chi connectivity index (χ0v) is 9.36. The smallest absolute Gasteiger partial charge is 0.125 e. The van der Waals surface area contributed by atoms with Gasteiger partial charge in [0.05, 0.1) is 6.04 Å². The first-order valence-corrected chi connectivity index (χ1v) is 5.67. The van der Waals surface area contributed by atoms with Gasteiger partial charge in [0.15, 0.2) is 0 Å². The minimum atomic E-state index is -0.357. The van der Waals surface area contributed by atoms with Gasteiger partial charge in [-0.15, -0.1) is 11.3 Å². The molecule has 0 saturated carbocycles. The number of thiophene rings is 1. The van der Waals surface area contributed by atoms with E-state index >= 15 is 0 Å². The molecule has 0 aliphatic carbocycles. The van der Waals surface area contributed by atoms with Gasteiger partial charge in [-0.1, -0.05) is 17.7 Å². The molecule has 78 valence electrons. The van der Waals surface area contributed by atoms with Gasteiger partial charge in [0, 0.05) is 9.90 Å². The molecule has 0 aliphatic rings. The molecule has 0 radical (unpaired) electrons. The van der Waals surface area contributed by atoms with Crippen LogP contribution in [0.3, 0.4) is 0 Å². The lowest BCUT2D eigenvalue weighted by Crippen LogP contribution is -2.10. The Kier molecular flexibility index (Phi) is 3.05. The van der Waals surface area contributed by atoms with E-state index in [9.17, 15) is 4.39 Å². The van der Waals surface area contributed by atoms with Gasteiger partial charge in [-0.3, -0.25) is 0 Å². The van der Waals surface area contributed by atoms with Crippen LogP contribution in [0.5, 0.6) is 0 Å². The van der Waals surface area contributed by atoms with Crippen molar-refractivity contribution in [2.24, 2.45) is 5.73 Å². The molecule has 0 aliphatic heterocycles. The van der Waals surface area contributed by atoms with Crippen molar-refractivity contribution in [3.05, 3.63) is 57.0 Å². The van der Waals surface area contributed by atoms with E-state index in [-0.39, 0.29) is 11.9 Å².